The second-order valence-corrected chi connectivity index (χ2v) is 8.69. The smallest absolute Gasteiger partial charge is 0.251 e. The monoisotopic (exact) mass is 427 g/mol. The second-order valence-electron chi connectivity index (χ2n) is 8.69. The number of amides is 1. The van der Waals surface area contributed by atoms with Gasteiger partial charge in [-0.15, -0.1) is 0 Å². The van der Waals surface area contributed by atoms with Gasteiger partial charge in [0.1, 0.15) is 0 Å². The Morgan fingerprint density at radius 3 is 1.88 bits per heavy atom. The van der Waals surface area contributed by atoms with Gasteiger partial charge in [-0.1, -0.05) is 78.9 Å². The average molecular weight is 428 g/mol. The van der Waals surface area contributed by atoms with Gasteiger partial charge in [-0.2, -0.15) is 0 Å². The predicted molar refractivity (Wildman–Crippen MR) is 124 cm³/mol. The highest BCUT2D eigenvalue weighted by Gasteiger charge is 2.58. The van der Waals surface area contributed by atoms with Gasteiger partial charge in [0.05, 0.1) is 13.2 Å². The average Bonchev–Trinajstić information content (AvgIpc) is 3.33. The summed E-state index contributed by atoms with van der Waals surface area (Å²) in [7, 11) is 0. The van der Waals surface area contributed by atoms with E-state index < -0.39 is 5.79 Å². The van der Waals surface area contributed by atoms with Gasteiger partial charge in [-0.3, -0.25) is 4.79 Å². The van der Waals surface area contributed by atoms with Gasteiger partial charge >= 0.3 is 0 Å². The second kappa shape index (κ2) is 8.89. The van der Waals surface area contributed by atoms with Crippen LogP contribution in [0.1, 0.15) is 40.7 Å². The maximum absolute atomic E-state index is 13.0. The van der Waals surface area contributed by atoms with Gasteiger partial charge in [0.2, 0.25) is 0 Å². The lowest BCUT2D eigenvalue weighted by Crippen LogP contribution is -2.58. The van der Waals surface area contributed by atoms with E-state index in [1.807, 2.05) is 30.3 Å². The highest BCUT2D eigenvalue weighted by atomic mass is 16.7. The molecule has 4 nitrogen and oxygen atoms in total. The molecular weight excluding hydrogens is 398 g/mol. The van der Waals surface area contributed by atoms with Gasteiger partial charge in [-0.25, -0.2) is 0 Å². The molecule has 1 N–H and O–H groups in total. The first-order valence-corrected chi connectivity index (χ1v) is 11.5. The molecule has 32 heavy (non-hydrogen) atoms. The molecule has 1 saturated heterocycles. The SMILES string of the molecule is O=C(NCC1C2(CCCC1(c1ccccc1)c1ccccc1)OCCO2)c1ccccc1. The number of hydrogen-bond donors (Lipinski definition) is 1. The standard InChI is InChI=1S/C28H29NO3/c30-26(22-11-4-1-5-12-22)29-21-25-27(23-13-6-2-7-14-23,24-15-8-3-9-16-24)17-10-18-28(25)31-19-20-32-28/h1-9,11-16,25H,10,17-21H2,(H,29,30). The maximum atomic E-state index is 13.0. The van der Waals surface area contributed by atoms with Crippen molar-refractivity contribution in [1.82, 2.24) is 5.32 Å². The number of nitrogens with one attached hydrogen (secondary N) is 1. The third kappa shape index (κ3) is 3.64. The van der Waals surface area contributed by atoms with Crippen molar-refractivity contribution in [3.63, 3.8) is 0 Å². The van der Waals surface area contributed by atoms with Crippen LogP contribution in [0.2, 0.25) is 0 Å². The Morgan fingerprint density at radius 2 is 1.31 bits per heavy atom. The third-order valence-corrected chi connectivity index (χ3v) is 7.08. The Labute approximate surface area is 189 Å². The zero-order valence-electron chi connectivity index (χ0n) is 18.2. The number of ether oxygens (including phenoxy) is 2. The molecule has 5 rings (SSSR count). The quantitative estimate of drug-likeness (QED) is 0.627. The Kier molecular flexibility index (Phi) is 5.81. The summed E-state index contributed by atoms with van der Waals surface area (Å²) < 4.78 is 12.7. The van der Waals surface area contributed by atoms with Crippen LogP contribution < -0.4 is 5.32 Å². The van der Waals surface area contributed by atoms with Crippen molar-refractivity contribution in [2.45, 2.75) is 30.5 Å². The molecule has 2 fully saturated rings. The molecule has 1 heterocycles. The molecule has 1 spiro atoms. The summed E-state index contributed by atoms with van der Waals surface area (Å²) in [5, 5.41) is 3.22. The minimum atomic E-state index is -0.700. The van der Waals surface area contributed by atoms with Gasteiger partial charge in [0, 0.05) is 29.9 Å². The van der Waals surface area contributed by atoms with E-state index in [-0.39, 0.29) is 17.2 Å². The largest absolute Gasteiger partial charge is 0.352 e. The Morgan fingerprint density at radius 1 is 0.781 bits per heavy atom. The van der Waals surface area contributed by atoms with E-state index in [1.54, 1.807) is 0 Å². The van der Waals surface area contributed by atoms with Crippen LogP contribution in [-0.4, -0.2) is 31.5 Å². The minimum Gasteiger partial charge on any atom is -0.352 e. The molecule has 0 radical (unpaired) electrons. The van der Waals surface area contributed by atoms with E-state index in [2.05, 4.69) is 66.0 Å². The first kappa shape index (κ1) is 20.9. The summed E-state index contributed by atoms with van der Waals surface area (Å²) in [5.74, 6) is -0.837. The van der Waals surface area contributed by atoms with Crippen molar-refractivity contribution in [2.24, 2.45) is 5.92 Å². The summed E-state index contributed by atoms with van der Waals surface area (Å²) in [6.07, 6.45) is 2.80. The summed E-state index contributed by atoms with van der Waals surface area (Å²) >= 11 is 0. The number of carbonyl (C=O) groups excluding carboxylic acids is 1. The number of rotatable bonds is 5. The predicted octanol–water partition coefficient (Wildman–Crippen LogP) is 4.95. The van der Waals surface area contributed by atoms with Crippen LogP contribution in [0.4, 0.5) is 0 Å². The zero-order chi connectivity index (χ0) is 21.9. The summed E-state index contributed by atoms with van der Waals surface area (Å²) in [5.41, 5.74) is 2.82. The highest BCUT2D eigenvalue weighted by molar-refractivity contribution is 5.94. The Bertz CT molecular complexity index is 991. The van der Waals surface area contributed by atoms with Crippen molar-refractivity contribution in [3.8, 4) is 0 Å². The molecule has 1 aliphatic heterocycles. The molecule has 1 aliphatic carbocycles. The molecule has 1 atom stereocenters. The Hall–Kier alpha value is -2.95. The molecule has 1 unspecified atom stereocenters. The van der Waals surface area contributed by atoms with E-state index >= 15 is 0 Å². The van der Waals surface area contributed by atoms with Crippen molar-refractivity contribution >= 4 is 5.91 Å². The fourth-order valence-corrected chi connectivity index (χ4v) is 5.70. The minimum absolute atomic E-state index is 0.0660. The molecule has 2 aliphatic rings. The van der Waals surface area contributed by atoms with E-state index in [1.165, 1.54) is 11.1 Å². The first-order chi connectivity index (χ1) is 15.7. The van der Waals surface area contributed by atoms with E-state index in [9.17, 15) is 4.79 Å². The van der Waals surface area contributed by atoms with Crippen molar-refractivity contribution in [3.05, 3.63) is 108 Å². The van der Waals surface area contributed by atoms with Crippen LogP contribution in [-0.2, 0) is 14.9 Å². The molecule has 3 aromatic rings. The van der Waals surface area contributed by atoms with Gasteiger partial charge in [0.25, 0.3) is 5.91 Å². The van der Waals surface area contributed by atoms with Crippen LogP contribution in [0.3, 0.4) is 0 Å². The van der Waals surface area contributed by atoms with Crippen molar-refractivity contribution in [2.75, 3.05) is 19.8 Å². The third-order valence-electron chi connectivity index (χ3n) is 7.08. The van der Waals surface area contributed by atoms with E-state index in [0.717, 1.165) is 19.3 Å². The maximum Gasteiger partial charge on any atom is 0.251 e. The zero-order valence-corrected chi connectivity index (χ0v) is 18.2. The van der Waals surface area contributed by atoms with Crippen LogP contribution >= 0.6 is 0 Å². The molecular formula is C28H29NO3. The van der Waals surface area contributed by atoms with Crippen LogP contribution in [0.25, 0.3) is 0 Å². The van der Waals surface area contributed by atoms with Gasteiger partial charge < -0.3 is 14.8 Å². The molecule has 4 heteroatoms. The van der Waals surface area contributed by atoms with Crippen molar-refractivity contribution in [1.29, 1.82) is 0 Å². The lowest BCUT2D eigenvalue weighted by Gasteiger charge is -2.52. The molecule has 0 bridgehead atoms. The van der Waals surface area contributed by atoms with Crippen LogP contribution in [0, 0.1) is 5.92 Å². The first-order valence-electron chi connectivity index (χ1n) is 11.5. The topological polar surface area (TPSA) is 47.6 Å². The van der Waals surface area contributed by atoms with Gasteiger partial charge in [0.15, 0.2) is 5.79 Å². The summed E-state index contributed by atoms with van der Waals surface area (Å²) in [4.78, 5) is 13.0. The summed E-state index contributed by atoms with van der Waals surface area (Å²) in [6.45, 7) is 1.64. The lowest BCUT2D eigenvalue weighted by atomic mass is 9.57. The summed E-state index contributed by atoms with van der Waals surface area (Å²) in [6, 6.07) is 30.7. The van der Waals surface area contributed by atoms with Crippen molar-refractivity contribution < 1.29 is 14.3 Å². The Balaban J connectivity index is 1.59. The molecule has 0 aromatic heterocycles. The molecule has 3 aromatic carbocycles. The van der Waals surface area contributed by atoms with Gasteiger partial charge in [-0.05, 0) is 36.1 Å². The van der Waals surface area contributed by atoms with E-state index in [4.69, 9.17) is 9.47 Å². The lowest BCUT2D eigenvalue weighted by molar-refractivity contribution is -0.225. The molecule has 1 saturated carbocycles. The number of carbonyl (C=O) groups is 1. The number of hydrogen-bond acceptors (Lipinski definition) is 3. The normalized spacial score (nSPS) is 21.3. The fourth-order valence-electron chi connectivity index (χ4n) is 5.70. The molecule has 1 amide bonds. The van der Waals surface area contributed by atoms with Crippen LogP contribution in [0.15, 0.2) is 91.0 Å². The molecule has 164 valence electrons. The van der Waals surface area contributed by atoms with Crippen LogP contribution in [0.5, 0.6) is 0 Å². The van der Waals surface area contributed by atoms with E-state index in [0.29, 0.717) is 25.3 Å². The fraction of sp³-hybridized carbons (Fsp3) is 0.321. The highest BCUT2D eigenvalue weighted by Crippen LogP contribution is 2.54. The number of benzene rings is 3.